The van der Waals surface area contributed by atoms with E-state index in [1.165, 1.54) is 11.3 Å². The average molecular weight is 382 g/mol. The number of rotatable bonds is 5. The molecule has 2 aromatic heterocycles. The van der Waals surface area contributed by atoms with Crippen LogP contribution in [0.25, 0.3) is 10.7 Å². The molecule has 0 spiro atoms. The molecule has 27 heavy (non-hydrogen) atoms. The van der Waals surface area contributed by atoms with Gasteiger partial charge in [-0.2, -0.15) is 4.98 Å². The lowest BCUT2D eigenvalue weighted by molar-refractivity contribution is -0.131. The van der Waals surface area contributed by atoms with Crippen LogP contribution in [-0.2, 0) is 11.2 Å². The van der Waals surface area contributed by atoms with Crippen LogP contribution < -0.4 is 4.90 Å². The molecule has 140 valence electrons. The SMILES string of the molecule is Cc1cccc(N2CCN(C(=O)CCc3nc(-c4cccs4)no3)CC2)c1. The third-order valence-electron chi connectivity index (χ3n) is 4.76. The fourth-order valence-electron chi connectivity index (χ4n) is 3.27. The molecular weight excluding hydrogens is 360 g/mol. The number of benzene rings is 1. The van der Waals surface area contributed by atoms with Gasteiger partial charge in [-0.3, -0.25) is 4.79 Å². The van der Waals surface area contributed by atoms with Crippen molar-refractivity contribution in [3.8, 4) is 10.7 Å². The summed E-state index contributed by atoms with van der Waals surface area (Å²) in [5, 5.41) is 5.97. The second-order valence-corrected chi connectivity index (χ2v) is 7.64. The van der Waals surface area contributed by atoms with Crippen LogP contribution in [0.3, 0.4) is 0 Å². The molecular formula is C20H22N4O2S. The zero-order chi connectivity index (χ0) is 18.6. The molecule has 1 saturated heterocycles. The summed E-state index contributed by atoms with van der Waals surface area (Å²) in [5.41, 5.74) is 2.49. The summed E-state index contributed by atoms with van der Waals surface area (Å²) in [5.74, 6) is 1.26. The van der Waals surface area contributed by atoms with Gasteiger partial charge in [0.1, 0.15) is 0 Å². The first-order chi connectivity index (χ1) is 13.2. The maximum absolute atomic E-state index is 12.5. The predicted octanol–water partition coefficient (Wildman–Crippen LogP) is 3.39. The molecule has 0 atom stereocenters. The molecule has 1 fully saturated rings. The van der Waals surface area contributed by atoms with E-state index in [0.29, 0.717) is 24.6 Å². The molecule has 1 aromatic carbocycles. The van der Waals surface area contributed by atoms with E-state index in [2.05, 4.69) is 46.2 Å². The van der Waals surface area contributed by atoms with Crippen LogP contribution in [0.2, 0.25) is 0 Å². The second kappa shape index (κ2) is 7.92. The van der Waals surface area contributed by atoms with Gasteiger partial charge in [0.25, 0.3) is 0 Å². The van der Waals surface area contributed by atoms with Crippen molar-refractivity contribution in [2.45, 2.75) is 19.8 Å². The minimum Gasteiger partial charge on any atom is -0.368 e. The molecule has 3 heterocycles. The van der Waals surface area contributed by atoms with E-state index in [-0.39, 0.29) is 5.91 Å². The van der Waals surface area contributed by atoms with Crippen LogP contribution >= 0.6 is 11.3 Å². The zero-order valence-corrected chi connectivity index (χ0v) is 16.1. The molecule has 7 heteroatoms. The lowest BCUT2D eigenvalue weighted by Crippen LogP contribution is -2.48. The maximum atomic E-state index is 12.5. The first-order valence-electron chi connectivity index (χ1n) is 9.15. The highest BCUT2D eigenvalue weighted by Crippen LogP contribution is 2.22. The first-order valence-corrected chi connectivity index (χ1v) is 10.0. The van der Waals surface area contributed by atoms with Gasteiger partial charge in [0, 0.05) is 44.7 Å². The number of nitrogens with zero attached hydrogens (tertiary/aromatic N) is 4. The van der Waals surface area contributed by atoms with Gasteiger partial charge in [-0.1, -0.05) is 23.4 Å². The maximum Gasteiger partial charge on any atom is 0.227 e. The third-order valence-corrected chi connectivity index (χ3v) is 5.63. The van der Waals surface area contributed by atoms with Gasteiger partial charge >= 0.3 is 0 Å². The number of amides is 1. The van der Waals surface area contributed by atoms with Crippen LogP contribution in [0, 0.1) is 6.92 Å². The minimum absolute atomic E-state index is 0.148. The highest BCUT2D eigenvalue weighted by Gasteiger charge is 2.22. The first kappa shape index (κ1) is 17.7. The molecule has 0 bridgehead atoms. The van der Waals surface area contributed by atoms with Crippen LogP contribution in [0.15, 0.2) is 46.3 Å². The van der Waals surface area contributed by atoms with Gasteiger partial charge in [0.05, 0.1) is 4.88 Å². The van der Waals surface area contributed by atoms with Crippen LogP contribution in [-0.4, -0.2) is 47.1 Å². The Morgan fingerprint density at radius 2 is 2.04 bits per heavy atom. The number of anilines is 1. The molecule has 0 N–H and O–H groups in total. The lowest BCUT2D eigenvalue weighted by atomic mass is 10.2. The van der Waals surface area contributed by atoms with E-state index in [0.717, 1.165) is 31.1 Å². The van der Waals surface area contributed by atoms with E-state index < -0.39 is 0 Å². The van der Waals surface area contributed by atoms with Crippen molar-refractivity contribution < 1.29 is 9.32 Å². The smallest absolute Gasteiger partial charge is 0.227 e. The lowest BCUT2D eigenvalue weighted by Gasteiger charge is -2.36. The largest absolute Gasteiger partial charge is 0.368 e. The Morgan fingerprint density at radius 1 is 1.19 bits per heavy atom. The number of thiophene rings is 1. The third kappa shape index (κ3) is 4.19. The molecule has 1 amide bonds. The molecule has 0 unspecified atom stereocenters. The Bertz CT molecular complexity index is 898. The van der Waals surface area contributed by atoms with Gasteiger partial charge in [-0.25, -0.2) is 0 Å². The fourth-order valence-corrected chi connectivity index (χ4v) is 3.92. The van der Waals surface area contributed by atoms with E-state index >= 15 is 0 Å². The van der Waals surface area contributed by atoms with Crippen molar-refractivity contribution in [3.05, 3.63) is 53.2 Å². The number of carbonyl (C=O) groups excluding carboxylic acids is 1. The molecule has 4 rings (SSSR count). The Labute approximate surface area is 162 Å². The number of hydrogen-bond acceptors (Lipinski definition) is 6. The van der Waals surface area contributed by atoms with Crippen molar-refractivity contribution >= 4 is 22.9 Å². The Hall–Kier alpha value is -2.67. The minimum atomic E-state index is 0.148. The normalized spacial score (nSPS) is 14.6. The van der Waals surface area contributed by atoms with Crippen molar-refractivity contribution in [1.29, 1.82) is 0 Å². The van der Waals surface area contributed by atoms with Crippen molar-refractivity contribution in [1.82, 2.24) is 15.0 Å². The Balaban J connectivity index is 1.27. The molecule has 6 nitrogen and oxygen atoms in total. The van der Waals surface area contributed by atoms with Crippen LogP contribution in [0.4, 0.5) is 5.69 Å². The summed E-state index contributed by atoms with van der Waals surface area (Å²) in [6.07, 6.45) is 0.881. The van der Waals surface area contributed by atoms with E-state index in [9.17, 15) is 4.79 Å². The summed E-state index contributed by atoms with van der Waals surface area (Å²) < 4.78 is 5.28. The second-order valence-electron chi connectivity index (χ2n) is 6.70. The number of carbonyl (C=O) groups is 1. The number of hydrogen-bond donors (Lipinski definition) is 0. The topological polar surface area (TPSA) is 62.5 Å². The summed E-state index contributed by atoms with van der Waals surface area (Å²) in [6, 6.07) is 12.4. The standard InChI is InChI=1S/C20H22N4O2S/c1-15-4-2-5-16(14-15)23-9-11-24(12-10-23)19(25)8-7-18-21-20(22-26-18)17-6-3-13-27-17/h2-6,13-14H,7-12H2,1H3. The average Bonchev–Trinajstić information content (AvgIpc) is 3.38. The van der Waals surface area contributed by atoms with Gasteiger partial charge in [0.2, 0.25) is 17.6 Å². The van der Waals surface area contributed by atoms with Crippen molar-refractivity contribution in [2.75, 3.05) is 31.1 Å². The number of piperazine rings is 1. The summed E-state index contributed by atoms with van der Waals surface area (Å²) in [7, 11) is 0. The Morgan fingerprint density at radius 3 is 2.78 bits per heavy atom. The highest BCUT2D eigenvalue weighted by molar-refractivity contribution is 7.13. The van der Waals surface area contributed by atoms with Gasteiger partial charge < -0.3 is 14.3 Å². The predicted molar refractivity (Wildman–Crippen MR) is 106 cm³/mol. The van der Waals surface area contributed by atoms with Crippen molar-refractivity contribution in [3.63, 3.8) is 0 Å². The summed E-state index contributed by atoms with van der Waals surface area (Å²) in [6.45, 7) is 5.31. The molecule has 0 saturated carbocycles. The molecule has 1 aliphatic rings. The van der Waals surface area contributed by atoms with Crippen LogP contribution in [0.5, 0.6) is 0 Å². The molecule has 1 aliphatic heterocycles. The van der Waals surface area contributed by atoms with Crippen LogP contribution in [0.1, 0.15) is 17.9 Å². The zero-order valence-electron chi connectivity index (χ0n) is 15.3. The summed E-state index contributed by atoms with van der Waals surface area (Å²) in [4.78, 5) is 22.2. The fraction of sp³-hybridized carbons (Fsp3) is 0.350. The van der Waals surface area contributed by atoms with Gasteiger partial charge in [-0.15, -0.1) is 11.3 Å². The monoisotopic (exact) mass is 382 g/mol. The highest BCUT2D eigenvalue weighted by atomic mass is 32.1. The van der Waals surface area contributed by atoms with E-state index in [4.69, 9.17) is 4.52 Å². The quantitative estimate of drug-likeness (QED) is 0.677. The van der Waals surface area contributed by atoms with E-state index in [1.807, 2.05) is 22.4 Å². The van der Waals surface area contributed by atoms with Crippen molar-refractivity contribution in [2.24, 2.45) is 0 Å². The molecule has 0 aliphatic carbocycles. The number of aromatic nitrogens is 2. The van der Waals surface area contributed by atoms with Gasteiger partial charge in [0.15, 0.2) is 0 Å². The Kier molecular flexibility index (Phi) is 5.20. The van der Waals surface area contributed by atoms with Gasteiger partial charge in [-0.05, 0) is 36.1 Å². The molecule has 3 aromatic rings. The van der Waals surface area contributed by atoms with E-state index in [1.54, 1.807) is 11.3 Å². The summed E-state index contributed by atoms with van der Waals surface area (Å²) >= 11 is 1.57. The molecule has 0 radical (unpaired) electrons. The number of aryl methyl sites for hydroxylation is 2.